The van der Waals surface area contributed by atoms with Crippen molar-refractivity contribution in [1.29, 1.82) is 0 Å². The Hall–Kier alpha value is -3.75. The first-order valence-corrected chi connectivity index (χ1v) is 8.67. The van der Waals surface area contributed by atoms with E-state index in [-0.39, 0.29) is 5.75 Å². The average Bonchev–Trinajstić information content (AvgIpc) is 3.17. The molecule has 6 nitrogen and oxygen atoms in total. The van der Waals surface area contributed by atoms with E-state index in [1.807, 2.05) is 37.3 Å². The second kappa shape index (κ2) is 7.34. The molecule has 29 heavy (non-hydrogen) atoms. The van der Waals surface area contributed by atoms with E-state index in [0.29, 0.717) is 5.69 Å². The van der Waals surface area contributed by atoms with Crippen molar-refractivity contribution in [1.82, 2.24) is 20.2 Å². The maximum Gasteiger partial charge on any atom is 0.573 e. The Morgan fingerprint density at radius 3 is 2.52 bits per heavy atom. The van der Waals surface area contributed by atoms with Gasteiger partial charge in [-0.25, -0.2) is 4.68 Å². The molecule has 3 heterocycles. The van der Waals surface area contributed by atoms with Gasteiger partial charge in [-0.3, -0.25) is 15.4 Å². The van der Waals surface area contributed by atoms with Crippen molar-refractivity contribution < 1.29 is 17.9 Å². The number of hydrogen-bond donors (Lipinski definition) is 1. The van der Waals surface area contributed by atoms with Crippen molar-refractivity contribution in [2.24, 2.45) is 0 Å². The molecule has 1 aliphatic heterocycles. The highest BCUT2D eigenvalue weighted by molar-refractivity contribution is 5.69. The molecule has 1 N–H and O–H groups in total. The quantitative estimate of drug-likeness (QED) is 0.707. The molecule has 0 saturated carbocycles. The summed E-state index contributed by atoms with van der Waals surface area (Å²) in [5.74, 6) is -0.274. The van der Waals surface area contributed by atoms with Gasteiger partial charge in [0, 0.05) is 18.1 Å². The summed E-state index contributed by atoms with van der Waals surface area (Å²) in [6.07, 6.45) is 4.18. The van der Waals surface area contributed by atoms with Gasteiger partial charge in [-0.15, -0.1) is 13.2 Å². The smallest absolute Gasteiger partial charge is 0.406 e. The molecule has 0 spiro atoms. The van der Waals surface area contributed by atoms with E-state index < -0.39 is 6.36 Å². The van der Waals surface area contributed by atoms with Crippen LogP contribution in [0, 0.1) is 6.92 Å². The number of hydrazine groups is 1. The summed E-state index contributed by atoms with van der Waals surface area (Å²) < 4.78 is 42.7. The summed E-state index contributed by atoms with van der Waals surface area (Å²) >= 11 is 0. The molecule has 4 rings (SSSR count). The number of nitrogens with zero attached hydrogens (tertiary/aromatic N) is 4. The van der Waals surface area contributed by atoms with Crippen LogP contribution in [0.1, 0.15) is 11.4 Å². The first-order chi connectivity index (χ1) is 13.9. The number of aryl methyl sites for hydroxylation is 1. The van der Waals surface area contributed by atoms with Gasteiger partial charge < -0.3 is 4.74 Å². The summed E-state index contributed by atoms with van der Waals surface area (Å²) in [5, 5.41) is 6.08. The van der Waals surface area contributed by atoms with E-state index in [9.17, 15) is 13.2 Å². The molecule has 0 fully saturated rings. The van der Waals surface area contributed by atoms with Gasteiger partial charge in [0.2, 0.25) is 0 Å². The number of nitrogens with one attached hydrogen (secondary N) is 1. The lowest BCUT2D eigenvalue weighted by Gasteiger charge is -2.27. The predicted octanol–water partition coefficient (Wildman–Crippen LogP) is 4.35. The first kappa shape index (κ1) is 18.6. The predicted molar refractivity (Wildman–Crippen MR) is 102 cm³/mol. The highest BCUT2D eigenvalue weighted by atomic mass is 19.4. The summed E-state index contributed by atoms with van der Waals surface area (Å²) in [4.78, 5) is 4.20. The highest BCUT2D eigenvalue weighted by Crippen LogP contribution is 2.27. The summed E-state index contributed by atoms with van der Waals surface area (Å²) in [6, 6.07) is 11.2. The van der Waals surface area contributed by atoms with Crippen LogP contribution in [-0.2, 0) is 0 Å². The monoisotopic (exact) mass is 399 g/mol. The normalized spacial score (nSPS) is 13.8. The largest absolute Gasteiger partial charge is 0.573 e. The van der Waals surface area contributed by atoms with Gasteiger partial charge in [0.15, 0.2) is 0 Å². The fourth-order valence-corrected chi connectivity index (χ4v) is 2.91. The summed E-state index contributed by atoms with van der Waals surface area (Å²) in [6.45, 7) is 1.90. The molecule has 0 aliphatic carbocycles. The van der Waals surface area contributed by atoms with E-state index in [0.717, 1.165) is 22.8 Å². The molecule has 0 bridgehead atoms. The Morgan fingerprint density at radius 2 is 1.79 bits per heavy atom. The van der Waals surface area contributed by atoms with E-state index >= 15 is 0 Å². The third-order valence-corrected chi connectivity index (χ3v) is 4.13. The molecular weight excluding hydrogens is 383 g/mol. The Morgan fingerprint density at radius 1 is 1.00 bits per heavy atom. The maximum absolute atomic E-state index is 12.3. The standard InChI is InChI=1S/C20H16F3N5O/c1-14-13-16(8-10-24-14)28-19(9-11-25-28)18-3-2-12-27(26-18)15-4-6-17(7-5-15)29-20(21,22)23/h2-13,26H,1H3. The molecule has 148 valence electrons. The molecule has 1 aliphatic rings. The minimum Gasteiger partial charge on any atom is -0.406 e. The topological polar surface area (TPSA) is 55.2 Å². The average molecular weight is 399 g/mol. The molecule has 9 heteroatoms. The van der Waals surface area contributed by atoms with Crippen LogP contribution < -0.4 is 15.2 Å². The number of anilines is 1. The van der Waals surface area contributed by atoms with E-state index in [2.05, 4.69) is 20.2 Å². The number of benzene rings is 1. The highest BCUT2D eigenvalue weighted by Gasteiger charge is 2.31. The summed E-state index contributed by atoms with van der Waals surface area (Å²) in [7, 11) is 0. The van der Waals surface area contributed by atoms with Crippen LogP contribution in [0.25, 0.3) is 11.4 Å². The third kappa shape index (κ3) is 4.23. The summed E-state index contributed by atoms with van der Waals surface area (Å²) in [5.41, 5.74) is 7.22. The fourth-order valence-electron chi connectivity index (χ4n) is 2.91. The molecule has 3 aromatic rings. The number of ether oxygens (including phenoxy) is 1. The van der Waals surface area contributed by atoms with Crippen LogP contribution in [-0.4, -0.2) is 21.1 Å². The van der Waals surface area contributed by atoms with Crippen molar-refractivity contribution in [3.63, 3.8) is 0 Å². The zero-order chi connectivity index (χ0) is 20.4. The number of alkyl halides is 3. The van der Waals surface area contributed by atoms with Crippen molar-refractivity contribution in [3.8, 4) is 11.4 Å². The lowest BCUT2D eigenvalue weighted by molar-refractivity contribution is -0.274. The van der Waals surface area contributed by atoms with Gasteiger partial charge in [-0.1, -0.05) is 0 Å². The van der Waals surface area contributed by atoms with Crippen LogP contribution in [0.3, 0.4) is 0 Å². The number of aromatic nitrogens is 3. The van der Waals surface area contributed by atoms with Crippen LogP contribution >= 0.6 is 0 Å². The number of hydrogen-bond acceptors (Lipinski definition) is 5. The van der Waals surface area contributed by atoms with Gasteiger partial charge >= 0.3 is 6.36 Å². The van der Waals surface area contributed by atoms with E-state index in [4.69, 9.17) is 0 Å². The van der Waals surface area contributed by atoms with Crippen molar-refractivity contribution >= 4 is 11.4 Å². The Balaban J connectivity index is 1.55. The van der Waals surface area contributed by atoms with Gasteiger partial charge in [-0.2, -0.15) is 5.10 Å². The van der Waals surface area contributed by atoms with Gasteiger partial charge in [0.25, 0.3) is 0 Å². The van der Waals surface area contributed by atoms with Gasteiger partial charge in [0.1, 0.15) is 5.75 Å². The Kier molecular flexibility index (Phi) is 4.71. The second-order valence-corrected chi connectivity index (χ2v) is 6.23. The minimum atomic E-state index is -4.72. The third-order valence-electron chi connectivity index (χ3n) is 4.13. The van der Waals surface area contributed by atoms with Crippen LogP contribution in [0.15, 0.2) is 73.2 Å². The molecule has 0 unspecified atom stereocenters. The van der Waals surface area contributed by atoms with Crippen LogP contribution in [0.4, 0.5) is 18.9 Å². The maximum atomic E-state index is 12.3. The number of pyridine rings is 1. The van der Waals surface area contributed by atoms with Crippen molar-refractivity contribution in [2.75, 3.05) is 5.01 Å². The van der Waals surface area contributed by atoms with Crippen LogP contribution in [0.5, 0.6) is 5.75 Å². The van der Waals surface area contributed by atoms with E-state index in [1.165, 1.54) is 24.3 Å². The Labute approximate surface area is 164 Å². The lowest BCUT2D eigenvalue weighted by atomic mass is 10.2. The van der Waals surface area contributed by atoms with Gasteiger partial charge in [-0.05, 0) is 61.5 Å². The van der Waals surface area contributed by atoms with Crippen LogP contribution in [0.2, 0.25) is 0 Å². The number of allylic oxidation sites excluding steroid dienone is 2. The molecule has 0 amide bonds. The molecular formula is C20H16F3N5O. The molecule has 2 aromatic heterocycles. The zero-order valence-electron chi connectivity index (χ0n) is 15.3. The first-order valence-electron chi connectivity index (χ1n) is 8.67. The molecule has 0 saturated heterocycles. The zero-order valence-corrected chi connectivity index (χ0v) is 15.3. The molecule has 0 radical (unpaired) electrons. The van der Waals surface area contributed by atoms with Gasteiger partial charge in [0.05, 0.1) is 29.0 Å². The number of halogens is 3. The fraction of sp³-hybridized carbons (Fsp3) is 0.100. The van der Waals surface area contributed by atoms with E-state index in [1.54, 1.807) is 28.3 Å². The minimum absolute atomic E-state index is 0.274. The SMILES string of the molecule is Cc1cc(-n2nccc2C2=CC=CN(c3ccc(OC(F)(F)F)cc3)N2)ccn1. The molecule has 1 aromatic carbocycles. The van der Waals surface area contributed by atoms with Crippen molar-refractivity contribution in [2.45, 2.75) is 13.3 Å². The molecule has 0 atom stereocenters. The Bertz CT molecular complexity index is 1070. The lowest BCUT2D eigenvalue weighted by Crippen LogP contribution is -2.34. The second-order valence-electron chi connectivity index (χ2n) is 6.23. The van der Waals surface area contributed by atoms with Crippen molar-refractivity contribution in [3.05, 3.63) is 84.6 Å². The number of rotatable bonds is 4.